The van der Waals surface area contributed by atoms with Crippen LogP contribution in [0.25, 0.3) is 0 Å². The number of ether oxygens (including phenoxy) is 2. The van der Waals surface area contributed by atoms with Crippen molar-refractivity contribution in [3.63, 3.8) is 0 Å². The smallest absolute Gasteiger partial charge is 0.216 e. The molecule has 128 valence electrons. The van der Waals surface area contributed by atoms with E-state index in [9.17, 15) is 8.42 Å². The summed E-state index contributed by atoms with van der Waals surface area (Å²) in [5, 5.41) is 0.848. The fraction of sp³-hybridized carbons (Fsp3) is 0.600. The van der Waals surface area contributed by atoms with Crippen molar-refractivity contribution in [2.45, 2.75) is 24.3 Å². The molecule has 2 fully saturated rings. The van der Waals surface area contributed by atoms with Crippen LogP contribution in [-0.4, -0.2) is 40.9 Å². The zero-order valence-electron chi connectivity index (χ0n) is 12.7. The van der Waals surface area contributed by atoms with Crippen molar-refractivity contribution in [3.8, 4) is 0 Å². The molecule has 0 bridgehead atoms. The van der Waals surface area contributed by atoms with Gasteiger partial charge in [0.25, 0.3) is 0 Å². The molecule has 1 aromatic rings. The molecular weight excluding hydrogens is 361 g/mol. The Balaban J connectivity index is 1.70. The summed E-state index contributed by atoms with van der Waals surface area (Å²) in [4.78, 5) is 0. The molecule has 0 radical (unpaired) electrons. The molecule has 23 heavy (non-hydrogen) atoms. The minimum atomic E-state index is -3.50. The normalized spacial score (nSPS) is 30.0. The van der Waals surface area contributed by atoms with Crippen molar-refractivity contribution >= 4 is 33.2 Å². The maximum Gasteiger partial charge on any atom is 0.216 e. The lowest BCUT2D eigenvalue weighted by atomic mass is 9.68. The SMILES string of the molecule is COC[C@H]1[C@H](NS(=O)(=O)Cc2cc(Cl)cc(Cl)c2)[C@H]2CCO[C@H]21. The molecule has 1 aliphatic carbocycles. The van der Waals surface area contributed by atoms with E-state index in [0.717, 1.165) is 6.42 Å². The predicted molar refractivity (Wildman–Crippen MR) is 89.2 cm³/mol. The highest BCUT2D eigenvalue weighted by molar-refractivity contribution is 7.88. The molecular formula is C15H19Cl2NO4S. The lowest BCUT2D eigenvalue weighted by Gasteiger charge is -2.47. The van der Waals surface area contributed by atoms with Gasteiger partial charge in [-0.1, -0.05) is 23.2 Å². The molecule has 0 unspecified atom stereocenters. The molecule has 3 rings (SSSR count). The van der Waals surface area contributed by atoms with Crippen molar-refractivity contribution < 1.29 is 17.9 Å². The second-order valence-electron chi connectivity index (χ2n) is 6.09. The Morgan fingerprint density at radius 2 is 2.00 bits per heavy atom. The van der Waals surface area contributed by atoms with Crippen LogP contribution in [-0.2, 0) is 25.2 Å². The highest BCUT2D eigenvalue weighted by Gasteiger charge is 2.54. The van der Waals surface area contributed by atoms with Crippen LogP contribution < -0.4 is 4.72 Å². The van der Waals surface area contributed by atoms with Gasteiger partial charge in [0, 0.05) is 41.6 Å². The molecule has 2 aliphatic rings. The number of sulfonamides is 1. The number of rotatable bonds is 6. The molecule has 4 atom stereocenters. The molecule has 1 aromatic carbocycles. The van der Waals surface area contributed by atoms with E-state index in [1.54, 1.807) is 25.3 Å². The second kappa shape index (κ2) is 6.86. The Morgan fingerprint density at radius 3 is 2.65 bits per heavy atom. The molecule has 0 amide bonds. The van der Waals surface area contributed by atoms with Gasteiger partial charge >= 0.3 is 0 Å². The third kappa shape index (κ3) is 3.83. The van der Waals surface area contributed by atoms with E-state index in [2.05, 4.69) is 4.72 Å². The van der Waals surface area contributed by atoms with Crippen LogP contribution in [0.15, 0.2) is 18.2 Å². The number of hydrogen-bond acceptors (Lipinski definition) is 4. The minimum Gasteiger partial charge on any atom is -0.384 e. The van der Waals surface area contributed by atoms with Gasteiger partial charge in [-0.05, 0) is 30.2 Å². The number of benzene rings is 1. The van der Waals surface area contributed by atoms with E-state index in [1.165, 1.54) is 0 Å². The molecule has 0 aromatic heterocycles. The quantitative estimate of drug-likeness (QED) is 0.824. The largest absolute Gasteiger partial charge is 0.384 e. The van der Waals surface area contributed by atoms with Crippen molar-refractivity contribution in [2.75, 3.05) is 20.3 Å². The van der Waals surface area contributed by atoms with Gasteiger partial charge in [-0.3, -0.25) is 0 Å². The third-order valence-electron chi connectivity index (χ3n) is 4.48. The molecule has 1 saturated carbocycles. The number of hydrogen-bond donors (Lipinski definition) is 1. The van der Waals surface area contributed by atoms with E-state index in [0.29, 0.717) is 28.8 Å². The number of nitrogens with one attached hydrogen (secondary N) is 1. The molecule has 5 nitrogen and oxygen atoms in total. The van der Waals surface area contributed by atoms with E-state index in [1.807, 2.05) is 0 Å². The summed E-state index contributed by atoms with van der Waals surface area (Å²) >= 11 is 11.9. The first-order chi connectivity index (χ1) is 10.9. The van der Waals surface area contributed by atoms with Crippen molar-refractivity contribution in [1.82, 2.24) is 4.72 Å². The summed E-state index contributed by atoms with van der Waals surface area (Å²) in [6.45, 7) is 1.16. The molecule has 1 heterocycles. The van der Waals surface area contributed by atoms with E-state index < -0.39 is 10.0 Å². The fourth-order valence-corrected chi connectivity index (χ4v) is 5.58. The van der Waals surface area contributed by atoms with Crippen LogP contribution in [0, 0.1) is 11.8 Å². The van der Waals surface area contributed by atoms with Crippen LogP contribution in [0.1, 0.15) is 12.0 Å². The summed E-state index contributed by atoms with van der Waals surface area (Å²) in [5.41, 5.74) is 0.567. The summed E-state index contributed by atoms with van der Waals surface area (Å²) in [5.74, 6) is 0.139. The lowest BCUT2D eigenvalue weighted by Crippen LogP contribution is -2.62. The van der Waals surface area contributed by atoms with Crippen LogP contribution in [0.3, 0.4) is 0 Å². The van der Waals surface area contributed by atoms with Crippen molar-refractivity contribution in [3.05, 3.63) is 33.8 Å². The average Bonchev–Trinajstić information content (AvgIpc) is 2.85. The maximum absolute atomic E-state index is 12.5. The topological polar surface area (TPSA) is 64.6 Å². The van der Waals surface area contributed by atoms with Gasteiger partial charge in [0.2, 0.25) is 10.0 Å². The maximum atomic E-state index is 12.5. The van der Waals surface area contributed by atoms with Crippen molar-refractivity contribution in [2.24, 2.45) is 11.8 Å². The number of methoxy groups -OCH3 is 1. The zero-order chi connectivity index (χ0) is 16.6. The molecule has 1 saturated heterocycles. The summed E-state index contributed by atoms with van der Waals surface area (Å²) < 4.78 is 38.6. The average molecular weight is 380 g/mol. The molecule has 0 spiro atoms. The standard InChI is InChI=1S/C15H19Cl2NO4S/c1-21-7-13-14(12-2-3-22-15(12)13)18-23(19,20)8-9-4-10(16)6-11(17)5-9/h4-6,12-15,18H,2-3,7-8H2,1H3/t12-,13+,14-,15-/m1/s1. The number of fused-ring (bicyclic) bond motifs is 1. The van der Waals surface area contributed by atoms with Crippen molar-refractivity contribution in [1.29, 1.82) is 0 Å². The molecule has 8 heteroatoms. The highest BCUT2D eigenvalue weighted by Crippen LogP contribution is 2.44. The van der Waals surface area contributed by atoms with E-state index in [-0.39, 0.29) is 29.7 Å². The van der Waals surface area contributed by atoms with Gasteiger partial charge in [-0.2, -0.15) is 0 Å². The van der Waals surface area contributed by atoms with Crippen LogP contribution in [0.5, 0.6) is 0 Å². The van der Waals surface area contributed by atoms with Crippen LogP contribution in [0.2, 0.25) is 10.0 Å². The fourth-order valence-electron chi connectivity index (χ4n) is 3.56. The van der Waals surface area contributed by atoms with Gasteiger partial charge in [-0.15, -0.1) is 0 Å². The Bertz CT molecular complexity index is 662. The molecule has 1 aliphatic heterocycles. The Morgan fingerprint density at radius 1 is 1.30 bits per heavy atom. The van der Waals surface area contributed by atoms with Gasteiger partial charge in [0.1, 0.15) is 0 Å². The van der Waals surface area contributed by atoms with Crippen LogP contribution in [0.4, 0.5) is 0 Å². The first kappa shape index (κ1) is 17.5. The minimum absolute atomic E-state index is 0.0604. The second-order valence-corrected chi connectivity index (χ2v) is 8.71. The summed E-state index contributed by atoms with van der Waals surface area (Å²) in [6, 6.07) is 4.67. The van der Waals surface area contributed by atoms with Gasteiger partial charge < -0.3 is 9.47 Å². The predicted octanol–water partition coefficient (Wildman–Crippen LogP) is 2.46. The zero-order valence-corrected chi connectivity index (χ0v) is 15.0. The van der Waals surface area contributed by atoms with Gasteiger partial charge in [0.05, 0.1) is 18.5 Å². The monoisotopic (exact) mass is 379 g/mol. The Labute approximate surface area is 146 Å². The first-order valence-electron chi connectivity index (χ1n) is 7.45. The van der Waals surface area contributed by atoms with Crippen LogP contribution >= 0.6 is 23.2 Å². The first-order valence-corrected chi connectivity index (χ1v) is 9.86. The lowest BCUT2D eigenvalue weighted by molar-refractivity contribution is -0.0775. The highest BCUT2D eigenvalue weighted by atomic mass is 35.5. The summed E-state index contributed by atoms with van der Waals surface area (Å²) in [7, 11) is -1.88. The molecule has 1 N–H and O–H groups in total. The van der Waals surface area contributed by atoms with Gasteiger partial charge in [0.15, 0.2) is 0 Å². The Kier molecular flexibility index (Phi) is 5.21. The van der Waals surface area contributed by atoms with E-state index >= 15 is 0 Å². The van der Waals surface area contributed by atoms with Gasteiger partial charge in [-0.25, -0.2) is 13.1 Å². The van der Waals surface area contributed by atoms with E-state index in [4.69, 9.17) is 32.7 Å². The third-order valence-corrected chi connectivity index (χ3v) is 6.26. The summed E-state index contributed by atoms with van der Waals surface area (Å²) in [6.07, 6.45) is 0.976. The Hall–Kier alpha value is -0.370. The number of halogens is 2.